The van der Waals surface area contributed by atoms with Crippen molar-refractivity contribution in [3.05, 3.63) is 30.2 Å². The van der Waals surface area contributed by atoms with Crippen LogP contribution in [0.25, 0.3) is 0 Å². The number of carbonyl (C=O) groups is 1. The third kappa shape index (κ3) is 3.08. The summed E-state index contributed by atoms with van der Waals surface area (Å²) in [5.74, 6) is 1.53. The number of aromatic nitrogens is 4. The largest absolute Gasteiger partial charge is 0.310 e. The van der Waals surface area contributed by atoms with E-state index in [4.69, 9.17) is 0 Å². The van der Waals surface area contributed by atoms with Crippen LogP contribution in [0.1, 0.15) is 37.4 Å². The molecule has 1 atom stereocenters. The summed E-state index contributed by atoms with van der Waals surface area (Å²) in [6, 6.07) is 2.61. The molecular formula is C17H24N6O. The standard InChI is InChI=1S/C17H24N6O/c1-12-7-19-22(8-12)15-9-21(10-15)11-17(24)20-16-5-6-18-23(16)13(2)14-3-4-14/h5-8,13-15H,3-4,9-11H2,1-2H3,(H,20,24)/t13-/m0/s1. The van der Waals surface area contributed by atoms with Gasteiger partial charge in [-0.2, -0.15) is 10.2 Å². The topological polar surface area (TPSA) is 68.0 Å². The Kier molecular flexibility index (Phi) is 3.88. The van der Waals surface area contributed by atoms with E-state index in [1.807, 2.05) is 28.6 Å². The van der Waals surface area contributed by atoms with Gasteiger partial charge >= 0.3 is 0 Å². The summed E-state index contributed by atoms with van der Waals surface area (Å²) in [7, 11) is 0. The summed E-state index contributed by atoms with van der Waals surface area (Å²) in [6.07, 6.45) is 8.21. The summed E-state index contributed by atoms with van der Waals surface area (Å²) in [6.45, 7) is 6.36. The zero-order valence-electron chi connectivity index (χ0n) is 14.2. The fraction of sp³-hybridized carbons (Fsp3) is 0.588. The molecule has 0 spiro atoms. The number of likely N-dealkylation sites (tertiary alicyclic amines) is 1. The third-order valence-electron chi connectivity index (χ3n) is 5.04. The van der Waals surface area contributed by atoms with Gasteiger partial charge in [0.1, 0.15) is 5.82 Å². The van der Waals surface area contributed by atoms with Crippen molar-refractivity contribution < 1.29 is 4.79 Å². The number of aryl methyl sites for hydroxylation is 1. The highest BCUT2D eigenvalue weighted by Crippen LogP contribution is 2.40. The van der Waals surface area contributed by atoms with E-state index in [2.05, 4.69) is 33.5 Å². The number of hydrogen-bond acceptors (Lipinski definition) is 4. The predicted molar refractivity (Wildman–Crippen MR) is 90.7 cm³/mol. The zero-order valence-corrected chi connectivity index (χ0v) is 14.2. The van der Waals surface area contributed by atoms with Gasteiger partial charge in [0.05, 0.1) is 31.0 Å². The molecule has 2 aromatic heterocycles. The number of amides is 1. The van der Waals surface area contributed by atoms with Gasteiger partial charge < -0.3 is 5.32 Å². The van der Waals surface area contributed by atoms with Gasteiger partial charge in [-0.15, -0.1) is 0 Å². The molecule has 1 N–H and O–H groups in total. The molecule has 24 heavy (non-hydrogen) atoms. The molecule has 7 heteroatoms. The van der Waals surface area contributed by atoms with Gasteiger partial charge in [-0.25, -0.2) is 4.68 Å². The molecule has 1 amide bonds. The van der Waals surface area contributed by atoms with Crippen LogP contribution in [0.2, 0.25) is 0 Å². The molecule has 2 aromatic rings. The van der Waals surface area contributed by atoms with Gasteiger partial charge in [-0.1, -0.05) is 0 Å². The molecule has 7 nitrogen and oxygen atoms in total. The van der Waals surface area contributed by atoms with Crippen LogP contribution in [-0.2, 0) is 4.79 Å². The Morgan fingerprint density at radius 3 is 2.83 bits per heavy atom. The second-order valence-electron chi connectivity index (χ2n) is 7.13. The van der Waals surface area contributed by atoms with Crippen molar-refractivity contribution in [3.63, 3.8) is 0 Å². The van der Waals surface area contributed by atoms with E-state index in [-0.39, 0.29) is 5.91 Å². The maximum absolute atomic E-state index is 12.3. The van der Waals surface area contributed by atoms with Crippen LogP contribution >= 0.6 is 0 Å². The summed E-state index contributed by atoms with van der Waals surface area (Å²) >= 11 is 0. The second-order valence-corrected chi connectivity index (χ2v) is 7.13. The molecule has 3 heterocycles. The highest BCUT2D eigenvalue weighted by molar-refractivity contribution is 5.91. The predicted octanol–water partition coefficient (Wildman–Crippen LogP) is 1.85. The van der Waals surface area contributed by atoms with E-state index in [1.165, 1.54) is 18.4 Å². The quantitative estimate of drug-likeness (QED) is 0.879. The smallest absolute Gasteiger partial charge is 0.239 e. The lowest BCUT2D eigenvalue weighted by Crippen LogP contribution is -2.50. The molecule has 1 saturated carbocycles. The fourth-order valence-corrected chi connectivity index (χ4v) is 3.37. The minimum absolute atomic E-state index is 0.0230. The average Bonchev–Trinajstić information content (AvgIpc) is 3.13. The van der Waals surface area contributed by atoms with Gasteiger partial charge in [0.15, 0.2) is 0 Å². The first-order valence-electron chi connectivity index (χ1n) is 8.66. The van der Waals surface area contributed by atoms with E-state index in [9.17, 15) is 4.79 Å². The van der Waals surface area contributed by atoms with Crippen molar-refractivity contribution in [1.82, 2.24) is 24.5 Å². The number of carbonyl (C=O) groups excluding carboxylic acids is 1. The van der Waals surface area contributed by atoms with Crippen LogP contribution < -0.4 is 5.32 Å². The molecule has 0 unspecified atom stereocenters. The van der Waals surface area contributed by atoms with Crippen LogP contribution in [-0.4, -0.2) is 50.0 Å². The molecule has 2 aliphatic rings. The molecule has 128 valence electrons. The van der Waals surface area contributed by atoms with Crippen molar-refractivity contribution in [1.29, 1.82) is 0 Å². The lowest BCUT2D eigenvalue weighted by molar-refractivity contribution is -0.118. The van der Waals surface area contributed by atoms with Crippen molar-refractivity contribution in [2.75, 3.05) is 25.0 Å². The average molecular weight is 328 g/mol. The van der Waals surface area contributed by atoms with Crippen LogP contribution in [0.15, 0.2) is 24.7 Å². The highest BCUT2D eigenvalue weighted by atomic mass is 16.2. The first kappa shape index (κ1) is 15.4. The van der Waals surface area contributed by atoms with Gasteiger partial charge in [0.25, 0.3) is 0 Å². The van der Waals surface area contributed by atoms with E-state index in [1.54, 1.807) is 6.20 Å². The van der Waals surface area contributed by atoms with Crippen LogP contribution in [0, 0.1) is 12.8 Å². The van der Waals surface area contributed by atoms with Crippen LogP contribution in [0.3, 0.4) is 0 Å². The van der Waals surface area contributed by atoms with Crippen molar-refractivity contribution >= 4 is 11.7 Å². The molecule has 0 bridgehead atoms. The number of rotatable bonds is 6. The summed E-state index contributed by atoms with van der Waals surface area (Å²) in [5.41, 5.74) is 1.17. The summed E-state index contributed by atoms with van der Waals surface area (Å²) in [5, 5.41) is 11.7. The minimum Gasteiger partial charge on any atom is -0.310 e. The monoisotopic (exact) mass is 328 g/mol. The molecule has 0 radical (unpaired) electrons. The molecular weight excluding hydrogens is 304 g/mol. The fourth-order valence-electron chi connectivity index (χ4n) is 3.37. The van der Waals surface area contributed by atoms with Crippen molar-refractivity contribution in [3.8, 4) is 0 Å². The summed E-state index contributed by atoms with van der Waals surface area (Å²) < 4.78 is 3.94. The van der Waals surface area contributed by atoms with E-state index < -0.39 is 0 Å². The van der Waals surface area contributed by atoms with E-state index >= 15 is 0 Å². The Bertz CT molecular complexity index is 725. The Labute approximate surface area is 141 Å². The minimum atomic E-state index is 0.0230. The Balaban J connectivity index is 1.28. The number of anilines is 1. The lowest BCUT2D eigenvalue weighted by Gasteiger charge is -2.38. The second kappa shape index (κ2) is 6.05. The maximum atomic E-state index is 12.3. The first-order valence-corrected chi connectivity index (χ1v) is 8.66. The first-order chi connectivity index (χ1) is 11.6. The van der Waals surface area contributed by atoms with E-state index in [0.29, 0.717) is 24.5 Å². The van der Waals surface area contributed by atoms with Crippen LogP contribution in [0.4, 0.5) is 5.82 Å². The normalized spacial score (nSPS) is 19.9. The number of hydrogen-bond donors (Lipinski definition) is 1. The Morgan fingerprint density at radius 1 is 1.38 bits per heavy atom. The number of nitrogens with one attached hydrogen (secondary N) is 1. The van der Waals surface area contributed by atoms with Crippen molar-refractivity contribution in [2.45, 2.75) is 38.8 Å². The molecule has 0 aromatic carbocycles. The lowest BCUT2D eigenvalue weighted by atomic mass is 10.1. The van der Waals surface area contributed by atoms with Crippen LogP contribution in [0.5, 0.6) is 0 Å². The molecule has 1 aliphatic heterocycles. The van der Waals surface area contributed by atoms with Gasteiger partial charge in [-0.05, 0) is 38.2 Å². The summed E-state index contributed by atoms with van der Waals surface area (Å²) in [4.78, 5) is 14.4. The Morgan fingerprint density at radius 2 is 2.17 bits per heavy atom. The zero-order chi connectivity index (χ0) is 16.7. The Hall–Kier alpha value is -2.15. The molecule has 4 rings (SSSR count). The highest BCUT2D eigenvalue weighted by Gasteiger charge is 2.32. The maximum Gasteiger partial charge on any atom is 0.239 e. The molecule has 1 aliphatic carbocycles. The van der Waals surface area contributed by atoms with E-state index in [0.717, 1.165) is 18.9 Å². The molecule has 1 saturated heterocycles. The van der Waals surface area contributed by atoms with Gasteiger partial charge in [0, 0.05) is 25.4 Å². The molecule has 2 fully saturated rings. The van der Waals surface area contributed by atoms with Gasteiger partial charge in [0.2, 0.25) is 5.91 Å². The third-order valence-corrected chi connectivity index (χ3v) is 5.04. The van der Waals surface area contributed by atoms with Crippen molar-refractivity contribution in [2.24, 2.45) is 5.92 Å². The van der Waals surface area contributed by atoms with Gasteiger partial charge in [-0.3, -0.25) is 14.4 Å². The SMILES string of the molecule is Cc1cnn(C2CN(CC(=O)Nc3ccnn3[C@@H](C)C3CC3)C2)c1. The number of nitrogens with zero attached hydrogens (tertiary/aromatic N) is 5.